The van der Waals surface area contributed by atoms with E-state index in [1.54, 1.807) is 0 Å². The van der Waals surface area contributed by atoms with Crippen LogP contribution >= 0.6 is 0 Å². The molecule has 1 aliphatic heterocycles. The zero-order chi connectivity index (χ0) is 13.7. The van der Waals surface area contributed by atoms with Gasteiger partial charge >= 0.3 is 0 Å². The van der Waals surface area contributed by atoms with Crippen molar-refractivity contribution in [2.45, 2.75) is 77.8 Å². The lowest BCUT2D eigenvalue weighted by Crippen LogP contribution is -2.55. The van der Waals surface area contributed by atoms with Crippen LogP contribution in [0.1, 0.15) is 65.7 Å². The molecule has 0 radical (unpaired) electrons. The van der Waals surface area contributed by atoms with E-state index in [0.717, 1.165) is 23.9 Å². The molecule has 2 nitrogen and oxygen atoms in total. The summed E-state index contributed by atoms with van der Waals surface area (Å²) in [5.74, 6) is 1.87. The van der Waals surface area contributed by atoms with Gasteiger partial charge in [0.05, 0.1) is 0 Å². The van der Waals surface area contributed by atoms with Gasteiger partial charge in [0, 0.05) is 25.2 Å². The van der Waals surface area contributed by atoms with Crippen LogP contribution < -0.4 is 5.32 Å². The molecule has 2 aliphatic rings. The molecule has 2 heteroatoms. The van der Waals surface area contributed by atoms with Gasteiger partial charge in [0.1, 0.15) is 0 Å². The van der Waals surface area contributed by atoms with Crippen molar-refractivity contribution in [1.82, 2.24) is 10.2 Å². The molecule has 1 saturated heterocycles. The zero-order valence-corrected chi connectivity index (χ0v) is 13.3. The van der Waals surface area contributed by atoms with Crippen LogP contribution in [0.2, 0.25) is 0 Å². The summed E-state index contributed by atoms with van der Waals surface area (Å²) in [5.41, 5.74) is 0. The van der Waals surface area contributed by atoms with Gasteiger partial charge in [0.15, 0.2) is 0 Å². The zero-order valence-electron chi connectivity index (χ0n) is 13.3. The minimum absolute atomic E-state index is 0.725. The van der Waals surface area contributed by atoms with Gasteiger partial charge in [-0.25, -0.2) is 0 Å². The number of nitrogens with zero attached hydrogens (tertiary/aromatic N) is 1. The second-order valence-corrected chi connectivity index (χ2v) is 7.37. The van der Waals surface area contributed by atoms with Crippen LogP contribution in [0.4, 0.5) is 0 Å². The predicted octanol–water partition coefficient (Wildman–Crippen LogP) is 3.67. The summed E-state index contributed by atoms with van der Waals surface area (Å²) in [6, 6.07) is 1.45. The van der Waals surface area contributed by atoms with Crippen molar-refractivity contribution < 1.29 is 0 Å². The summed E-state index contributed by atoms with van der Waals surface area (Å²) in [5, 5.41) is 3.72. The summed E-state index contributed by atoms with van der Waals surface area (Å²) >= 11 is 0. The van der Waals surface area contributed by atoms with Gasteiger partial charge in [-0.2, -0.15) is 0 Å². The highest BCUT2D eigenvalue weighted by atomic mass is 15.2. The fourth-order valence-electron chi connectivity index (χ4n) is 3.91. The molecule has 112 valence electrons. The molecule has 19 heavy (non-hydrogen) atoms. The van der Waals surface area contributed by atoms with Crippen LogP contribution in [0.5, 0.6) is 0 Å². The molecule has 1 aliphatic carbocycles. The summed E-state index contributed by atoms with van der Waals surface area (Å²) in [6.45, 7) is 10.8. The topological polar surface area (TPSA) is 15.3 Å². The molecule has 0 spiro atoms. The molecule has 2 unspecified atom stereocenters. The number of piperazine rings is 1. The lowest BCUT2D eigenvalue weighted by molar-refractivity contribution is 0.128. The highest BCUT2D eigenvalue weighted by Gasteiger charge is 2.25. The van der Waals surface area contributed by atoms with Crippen molar-refractivity contribution in [1.29, 1.82) is 0 Å². The van der Waals surface area contributed by atoms with E-state index in [9.17, 15) is 0 Å². The number of nitrogens with one attached hydrogen (secondary N) is 1. The molecular formula is C17H34N2. The van der Waals surface area contributed by atoms with E-state index in [1.165, 1.54) is 64.6 Å². The summed E-state index contributed by atoms with van der Waals surface area (Å²) in [4.78, 5) is 2.73. The second kappa shape index (κ2) is 7.64. The highest BCUT2D eigenvalue weighted by molar-refractivity contribution is 4.84. The van der Waals surface area contributed by atoms with Crippen LogP contribution in [-0.4, -0.2) is 36.6 Å². The Labute approximate surface area is 120 Å². The molecule has 0 aromatic carbocycles. The number of hydrogen-bond donors (Lipinski definition) is 1. The molecule has 0 aromatic heterocycles. The van der Waals surface area contributed by atoms with E-state index in [4.69, 9.17) is 0 Å². The van der Waals surface area contributed by atoms with E-state index >= 15 is 0 Å². The van der Waals surface area contributed by atoms with E-state index in [-0.39, 0.29) is 0 Å². The highest BCUT2D eigenvalue weighted by Crippen LogP contribution is 2.28. The van der Waals surface area contributed by atoms with Crippen LogP contribution in [0.15, 0.2) is 0 Å². The Morgan fingerprint density at radius 3 is 2.63 bits per heavy atom. The summed E-state index contributed by atoms with van der Waals surface area (Å²) in [7, 11) is 0. The number of rotatable bonds is 6. The fourth-order valence-corrected chi connectivity index (χ4v) is 3.91. The summed E-state index contributed by atoms with van der Waals surface area (Å²) < 4.78 is 0. The van der Waals surface area contributed by atoms with Crippen molar-refractivity contribution >= 4 is 0 Å². The van der Waals surface area contributed by atoms with Crippen LogP contribution in [0.25, 0.3) is 0 Å². The molecule has 2 rings (SSSR count). The Morgan fingerprint density at radius 1 is 1.21 bits per heavy atom. The van der Waals surface area contributed by atoms with Crippen LogP contribution in [0.3, 0.4) is 0 Å². The van der Waals surface area contributed by atoms with Gasteiger partial charge in [0.2, 0.25) is 0 Å². The van der Waals surface area contributed by atoms with Crippen molar-refractivity contribution in [3.8, 4) is 0 Å². The Hall–Kier alpha value is -0.0800. The first kappa shape index (κ1) is 15.3. The first-order valence-corrected chi connectivity index (χ1v) is 8.62. The van der Waals surface area contributed by atoms with Crippen molar-refractivity contribution in [2.24, 2.45) is 11.8 Å². The fraction of sp³-hybridized carbons (Fsp3) is 1.00. The molecular weight excluding hydrogens is 232 g/mol. The van der Waals surface area contributed by atoms with Gasteiger partial charge < -0.3 is 5.32 Å². The maximum Gasteiger partial charge on any atom is 0.0198 e. The summed E-state index contributed by atoms with van der Waals surface area (Å²) in [6.07, 6.45) is 10.2. The molecule has 1 heterocycles. The minimum atomic E-state index is 0.725. The van der Waals surface area contributed by atoms with Crippen molar-refractivity contribution in [2.75, 3.05) is 19.6 Å². The van der Waals surface area contributed by atoms with Gasteiger partial charge in [0.25, 0.3) is 0 Å². The maximum absolute atomic E-state index is 3.72. The van der Waals surface area contributed by atoms with E-state index in [2.05, 4.69) is 31.0 Å². The van der Waals surface area contributed by atoms with Gasteiger partial charge in [-0.05, 0) is 44.6 Å². The van der Waals surface area contributed by atoms with Crippen LogP contribution in [0, 0.1) is 11.8 Å². The maximum atomic E-state index is 3.72. The largest absolute Gasteiger partial charge is 0.311 e. The van der Waals surface area contributed by atoms with Gasteiger partial charge in [-0.3, -0.25) is 4.90 Å². The molecule has 0 amide bonds. The van der Waals surface area contributed by atoms with E-state index < -0.39 is 0 Å². The quantitative estimate of drug-likeness (QED) is 0.789. The Bertz CT molecular complexity index is 246. The SMILES string of the molecule is CC(C)CC1CN(CCCC2CCCC2)C(C)CN1. The first-order valence-electron chi connectivity index (χ1n) is 8.62. The van der Waals surface area contributed by atoms with Gasteiger partial charge in [-0.15, -0.1) is 0 Å². The molecule has 2 atom stereocenters. The van der Waals surface area contributed by atoms with E-state index in [1.807, 2.05) is 0 Å². The van der Waals surface area contributed by atoms with Crippen LogP contribution in [-0.2, 0) is 0 Å². The van der Waals surface area contributed by atoms with E-state index in [0.29, 0.717) is 0 Å². The third kappa shape index (κ3) is 5.07. The Balaban J connectivity index is 1.67. The lowest BCUT2D eigenvalue weighted by Gasteiger charge is -2.39. The molecule has 2 fully saturated rings. The average molecular weight is 266 g/mol. The third-order valence-corrected chi connectivity index (χ3v) is 5.07. The van der Waals surface area contributed by atoms with Gasteiger partial charge in [-0.1, -0.05) is 39.5 Å². The standard InChI is InChI=1S/C17H34N2/c1-14(2)11-17-13-19(15(3)12-18-17)10-6-9-16-7-4-5-8-16/h14-18H,4-13H2,1-3H3. The average Bonchev–Trinajstić information content (AvgIpc) is 2.85. The van der Waals surface area contributed by atoms with Crippen molar-refractivity contribution in [3.05, 3.63) is 0 Å². The Kier molecular flexibility index (Phi) is 6.15. The second-order valence-electron chi connectivity index (χ2n) is 7.37. The monoisotopic (exact) mass is 266 g/mol. The predicted molar refractivity (Wildman–Crippen MR) is 83.5 cm³/mol. The lowest BCUT2D eigenvalue weighted by atomic mass is 9.98. The molecule has 1 saturated carbocycles. The minimum Gasteiger partial charge on any atom is -0.311 e. The molecule has 1 N–H and O–H groups in total. The smallest absolute Gasteiger partial charge is 0.0198 e. The molecule has 0 bridgehead atoms. The normalized spacial score (nSPS) is 30.3. The van der Waals surface area contributed by atoms with Crippen molar-refractivity contribution in [3.63, 3.8) is 0 Å². The third-order valence-electron chi connectivity index (χ3n) is 5.07. The first-order chi connectivity index (χ1) is 9.15. The number of hydrogen-bond acceptors (Lipinski definition) is 2. The molecule has 0 aromatic rings. The Morgan fingerprint density at radius 2 is 1.95 bits per heavy atom.